The SMILES string of the molecule is Cc1cc(N(C)CCc2ccncc2)nc(NCCc2c[nH]c3ccccc23)n1. The van der Waals surface area contributed by atoms with Crippen molar-refractivity contribution in [1.82, 2.24) is 19.9 Å². The molecule has 3 heterocycles. The summed E-state index contributed by atoms with van der Waals surface area (Å²) in [6.07, 6.45) is 7.61. The van der Waals surface area contributed by atoms with Gasteiger partial charge in [0.1, 0.15) is 5.82 Å². The number of para-hydroxylation sites is 1. The van der Waals surface area contributed by atoms with Crippen molar-refractivity contribution in [3.05, 3.63) is 77.9 Å². The number of fused-ring (bicyclic) bond motifs is 1. The topological polar surface area (TPSA) is 69.7 Å². The number of likely N-dealkylation sites (N-methyl/N-ethyl adjacent to an activating group) is 1. The number of rotatable bonds is 8. The highest BCUT2D eigenvalue weighted by Crippen LogP contribution is 2.18. The molecule has 0 saturated carbocycles. The Labute approximate surface area is 171 Å². The Morgan fingerprint density at radius 3 is 2.72 bits per heavy atom. The molecule has 0 aliphatic rings. The van der Waals surface area contributed by atoms with Gasteiger partial charge in [0.05, 0.1) is 0 Å². The lowest BCUT2D eigenvalue weighted by Crippen LogP contribution is -2.22. The zero-order valence-corrected chi connectivity index (χ0v) is 16.9. The standard InChI is InChI=1S/C23H26N6/c1-17-15-22(29(2)14-10-18-7-11-24-12-8-18)28-23(27-17)25-13-9-19-16-26-21-6-4-3-5-20(19)21/h3-8,11-12,15-16,26H,9-10,13-14H2,1-2H3,(H,25,27,28). The van der Waals surface area contributed by atoms with Crippen molar-refractivity contribution in [1.29, 1.82) is 0 Å². The number of aryl methyl sites for hydroxylation is 1. The molecule has 0 saturated heterocycles. The van der Waals surface area contributed by atoms with Crippen molar-refractivity contribution >= 4 is 22.7 Å². The number of pyridine rings is 1. The van der Waals surface area contributed by atoms with Crippen molar-refractivity contribution in [3.63, 3.8) is 0 Å². The number of H-pyrrole nitrogens is 1. The second-order valence-electron chi connectivity index (χ2n) is 7.25. The summed E-state index contributed by atoms with van der Waals surface area (Å²) in [6, 6.07) is 14.5. The summed E-state index contributed by atoms with van der Waals surface area (Å²) >= 11 is 0. The van der Waals surface area contributed by atoms with Crippen LogP contribution in [0.4, 0.5) is 11.8 Å². The van der Waals surface area contributed by atoms with Crippen molar-refractivity contribution in [2.24, 2.45) is 0 Å². The first-order chi connectivity index (χ1) is 14.2. The summed E-state index contributed by atoms with van der Waals surface area (Å²) in [5.41, 5.74) is 4.71. The van der Waals surface area contributed by atoms with Gasteiger partial charge in [-0.2, -0.15) is 4.98 Å². The number of benzene rings is 1. The average molecular weight is 387 g/mol. The molecular weight excluding hydrogens is 360 g/mol. The predicted octanol–water partition coefficient (Wildman–Crippen LogP) is 3.99. The van der Waals surface area contributed by atoms with E-state index < -0.39 is 0 Å². The number of nitrogens with zero attached hydrogens (tertiary/aromatic N) is 4. The van der Waals surface area contributed by atoms with Crippen LogP contribution in [0.2, 0.25) is 0 Å². The van der Waals surface area contributed by atoms with Gasteiger partial charge in [-0.15, -0.1) is 0 Å². The summed E-state index contributed by atoms with van der Waals surface area (Å²) in [4.78, 5) is 18.8. The van der Waals surface area contributed by atoms with Gasteiger partial charge in [0.2, 0.25) is 5.95 Å². The van der Waals surface area contributed by atoms with Crippen LogP contribution < -0.4 is 10.2 Å². The molecule has 4 aromatic rings. The van der Waals surface area contributed by atoms with E-state index in [1.807, 2.05) is 31.5 Å². The second-order valence-corrected chi connectivity index (χ2v) is 7.25. The monoisotopic (exact) mass is 386 g/mol. The maximum Gasteiger partial charge on any atom is 0.224 e. The number of hydrogen-bond acceptors (Lipinski definition) is 5. The van der Waals surface area contributed by atoms with Crippen molar-refractivity contribution in [3.8, 4) is 0 Å². The van der Waals surface area contributed by atoms with Gasteiger partial charge in [-0.1, -0.05) is 18.2 Å². The van der Waals surface area contributed by atoms with Crippen LogP contribution in [0.3, 0.4) is 0 Å². The normalized spacial score (nSPS) is 11.0. The van der Waals surface area contributed by atoms with Gasteiger partial charge in [-0.3, -0.25) is 4.98 Å². The summed E-state index contributed by atoms with van der Waals surface area (Å²) < 4.78 is 0. The van der Waals surface area contributed by atoms with Crippen LogP contribution in [0.5, 0.6) is 0 Å². The van der Waals surface area contributed by atoms with E-state index in [1.165, 1.54) is 22.0 Å². The molecule has 4 rings (SSSR count). The lowest BCUT2D eigenvalue weighted by Gasteiger charge is -2.19. The lowest BCUT2D eigenvalue weighted by atomic mass is 10.1. The van der Waals surface area contributed by atoms with E-state index >= 15 is 0 Å². The Morgan fingerprint density at radius 2 is 1.86 bits per heavy atom. The Balaban J connectivity index is 1.37. The molecule has 0 spiro atoms. The van der Waals surface area contributed by atoms with Gasteiger partial charge in [0.25, 0.3) is 0 Å². The molecule has 29 heavy (non-hydrogen) atoms. The second kappa shape index (κ2) is 8.73. The first kappa shape index (κ1) is 18.9. The third-order valence-corrected chi connectivity index (χ3v) is 5.07. The van der Waals surface area contributed by atoms with Gasteiger partial charge in [0.15, 0.2) is 0 Å². The van der Waals surface area contributed by atoms with Gasteiger partial charge < -0.3 is 15.2 Å². The first-order valence-corrected chi connectivity index (χ1v) is 9.93. The number of aromatic amines is 1. The average Bonchev–Trinajstić information content (AvgIpc) is 3.15. The highest BCUT2D eigenvalue weighted by molar-refractivity contribution is 5.83. The number of nitrogens with one attached hydrogen (secondary N) is 2. The Morgan fingerprint density at radius 1 is 1.03 bits per heavy atom. The zero-order valence-electron chi connectivity index (χ0n) is 16.9. The molecule has 0 fully saturated rings. The highest BCUT2D eigenvalue weighted by Gasteiger charge is 2.08. The van der Waals surface area contributed by atoms with Gasteiger partial charge >= 0.3 is 0 Å². The molecule has 1 aromatic carbocycles. The van der Waals surface area contributed by atoms with Gasteiger partial charge in [-0.25, -0.2) is 4.98 Å². The molecule has 0 aliphatic heterocycles. The molecule has 2 N–H and O–H groups in total. The van der Waals surface area contributed by atoms with E-state index in [4.69, 9.17) is 4.98 Å². The molecule has 3 aromatic heterocycles. The van der Waals surface area contributed by atoms with Crippen molar-refractivity contribution < 1.29 is 0 Å². The maximum absolute atomic E-state index is 4.71. The molecule has 0 unspecified atom stereocenters. The largest absolute Gasteiger partial charge is 0.361 e. The molecular formula is C23H26N6. The van der Waals surface area contributed by atoms with E-state index in [0.29, 0.717) is 5.95 Å². The molecule has 0 amide bonds. The van der Waals surface area contributed by atoms with Crippen molar-refractivity contribution in [2.75, 3.05) is 30.4 Å². The van der Waals surface area contributed by atoms with E-state index in [1.54, 1.807) is 0 Å². The molecule has 6 nitrogen and oxygen atoms in total. The molecule has 6 heteroatoms. The van der Waals surface area contributed by atoms with E-state index in [2.05, 4.69) is 68.7 Å². The fourth-order valence-corrected chi connectivity index (χ4v) is 3.43. The molecule has 148 valence electrons. The molecule has 0 aliphatic carbocycles. The summed E-state index contributed by atoms with van der Waals surface area (Å²) in [5, 5.41) is 4.66. The van der Waals surface area contributed by atoms with Gasteiger partial charge in [0, 0.05) is 61.4 Å². The van der Waals surface area contributed by atoms with Crippen LogP contribution in [-0.4, -0.2) is 40.1 Å². The zero-order chi connectivity index (χ0) is 20.1. The molecule has 0 radical (unpaired) electrons. The summed E-state index contributed by atoms with van der Waals surface area (Å²) in [6.45, 7) is 3.67. The minimum Gasteiger partial charge on any atom is -0.361 e. The fourth-order valence-electron chi connectivity index (χ4n) is 3.43. The molecule has 0 atom stereocenters. The summed E-state index contributed by atoms with van der Waals surface area (Å²) in [5.74, 6) is 1.61. The molecule has 0 bridgehead atoms. The number of anilines is 2. The smallest absolute Gasteiger partial charge is 0.224 e. The minimum atomic E-state index is 0.676. The Kier molecular flexibility index (Phi) is 5.70. The van der Waals surface area contributed by atoms with Crippen LogP contribution >= 0.6 is 0 Å². The van der Waals surface area contributed by atoms with E-state index in [9.17, 15) is 0 Å². The number of hydrogen-bond donors (Lipinski definition) is 2. The van der Waals surface area contributed by atoms with Gasteiger partial charge in [-0.05, 0) is 49.1 Å². The van der Waals surface area contributed by atoms with Crippen LogP contribution in [0.25, 0.3) is 10.9 Å². The minimum absolute atomic E-state index is 0.676. The summed E-state index contributed by atoms with van der Waals surface area (Å²) in [7, 11) is 2.07. The maximum atomic E-state index is 4.71. The Bertz CT molecular complexity index is 1070. The lowest BCUT2D eigenvalue weighted by molar-refractivity contribution is 0.850. The Hall–Kier alpha value is -3.41. The predicted molar refractivity (Wildman–Crippen MR) is 118 cm³/mol. The van der Waals surface area contributed by atoms with Crippen LogP contribution in [0.1, 0.15) is 16.8 Å². The first-order valence-electron chi connectivity index (χ1n) is 9.93. The van der Waals surface area contributed by atoms with E-state index in [-0.39, 0.29) is 0 Å². The fraction of sp³-hybridized carbons (Fsp3) is 0.261. The third-order valence-electron chi connectivity index (χ3n) is 5.07. The van der Waals surface area contributed by atoms with Crippen LogP contribution in [-0.2, 0) is 12.8 Å². The third kappa shape index (κ3) is 4.71. The van der Waals surface area contributed by atoms with Crippen molar-refractivity contribution in [2.45, 2.75) is 19.8 Å². The van der Waals surface area contributed by atoms with E-state index in [0.717, 1.165) is 37.4 Å². The van der Waals surface area contributed by atoms with Crippen LogP contribution in [0, 0.1) is 6.92 Å². The van der Waals surface area contributed by atoms with Crippen LogP contribution in [0.15, 0.2) is 61.1 Å². The quantitative estimate of drug-likeness (QED) is 0.479. The number of aromatic nitrogens is 4. The highest BCUT2D eigenvalue weighted by atomic mass is 15.2.